The number of rotatable bonds is 2. The van der Waals surface area contributed by atoms with Crippen molar-refractivity contribution in [2.45, 2.75) is 37.0 Å². The molecule has 0 bridgehead atoms. The van der Waals surface area contributed by atoms with Gasteiger partial charge in [-0.1, -0.05) is 31.0 Å². The lowest BCUT2D eigenvalue weighted by atomic mass is 10.2. The van der Waals surface area contributed by atoms with Crippen LogP contribution in [0, 0.1) is 0 Å². The Balaban J connectivity index is 2.17. The van der Waals surface area contributed by atoms with E-state index in [0.29, 0.717) is 11.4 Å². The van der Waals surface area contributed by atoms with Crippen molar-refractivity contribution in [3.8, 4) is 0 Å². The van der Waals surface area contributed by atoms with Crippen molar-refractivity contribution in [1.82, 2.24) is 9.21 Å². The molecule has 0 atom stereocenters. The number of hydrogen-bond donors (Lipinski definition) is 0. The van der Waals surface area contributed by atoms with Crippen molar-refractivity contribution in [3.05, 3.63) is 30.3 Å². The van der Waals surface area contributed by atoms with Crippen molar-refractivity contribution in [1.29, 1.82) is 0 Å². The van der Waals surface area contributed by atoms with Crippen LogP contribution in [0.3, 0.4) is 0 Å². The lowest BCUT2D eigenvalue weighted by Crippen LogP contribution is -2.36. The quantitative estimate of drug-likeness (QED) is 0.837. The van der Waals surface area contributed by atoms with E-state index in [1.807, 2.05) is 0 Å². The highest BCUT2D eigenvalue weighted by Gasteiger charge is 2.25. The zero-order valence-electron chi connectivity index (χ0n) is 13.1. The minimum Gasteiger partial charge on any atom is -0.346 e. The molecule has 6 heteroatoms. The Morgan fingerprint density at radius 1 is 0.909 bits per heavy atom. The minimum atomic E-state index is -3.52. The molecule has 1 fully saturated rings. The van der Waals surface area contributed by atoms with Crippen LogP contribution in [0.4, 0.5) is 0 Å². The van der Waals surface area contributed by atoms with Crippen molar-refractivity contribution in [3.63, 3.8) is 0 Å². The first-order valence-electron chi connectivity index (χ1n) is 7.81. The second kappa shape index (κ2) is 7.74. The molecule has 1 aliphatic heterocycles. The van der Waals surface area contributed by atoms with E-state index in [2.05, 4.69) is 0 Å². The van der Waals surface area contributed by atoms with Gasteiger partial charge in [0.05, 0.1) is 4.90 Å². The molecule has 1 aromatic carbocycles. The fraction of sp³-hybridized carbons (Fsp3) is 0.562. The Labute approximate surface area is 133 Å². The van der Waals surface area contributed by atoms with E-state index in [4.69, 9.17) is 0 Å². The highest BCUT2D eigenvalue weighted by atomic mass is 32.2. The van der Waals surface area contributed by atoms with Gasteiger partial charge in [-0.15, -0.1) is 0 Å². The van der Waals surface area contributed by atoms with Gasteiger partial charge in [0, 0.05) is 33.1 Å². The van der Waals surface area contributed by atoms with Crippen LogP contribution in [0.25, 0.3) is 0 Å². The number of sulfonamides is 1. The highest BCUT2D eigenvalue weighted by molar-refractivity contribution is 7.89. The standard InChI is InChI=1S/C16H24N2O3S/c1-17-12-7-2-3-8-13-18(14-11-16(17)19)22(20,21)15-9-5-4-6-10-15/h4-6,9-10H,2-3,7-8,11-14H2,1H3. The fourth-order valence-electron chi connectivity index (χ4n) is 2.62. The molecule has 2 rings (SSSR count). The molecule has 5 nitrogen and oxygen atoms in total. The summed E-state index contributed by atoms with van der Waals surface area (Å²) in [4.78, 5) is 14.1. The Morgan fingerprint density at radius 3 is 2.23 bits per heavy atom. The third-order valence-electron chi connectivity index (χ3n) is 4.03. The van der Waals surface area contributed by atoms with Crippen LogP contribution in [-0.2, 0) is 14.8 Å². The molecule has 1 aromatic rings. The van der Waals surface area contributed by atoms with Crippen LogP contribution in [-0.4, -0.2) is 50.2 Å². The maximum Gasteiger partial charge on any atom is 0.243 e. The second-order valence-corrected chi connectivity index (χ2v) is 7.63. The van der Waals surface area contributed by atoms with Crippen molar-refractivity contribution >= 4 is 15.9 Å². The molecular formula is C16H24N2O3S. The molecule has 0 aliphatic carbocycles. The van der Waals surface area contributed by atoms with E-state index in [0.717, 1.165) is 32.2 Å². The van der Waals surface area contributed by atoms with Crippen LogP contribution in [0.2, 0.25) is 0 Å². The number of benzene rings is 1. The molecule has 22 heavy (non-hydrogen) atoms. The molecular weight excluding hydrogens is 300 g/mol. The van der Waals surface area contributed by atoms with E-state index < -0.39 is 10.0 Å². The summed E-state index contributed by atoms with van der Waals surface area (Å²) in [5, 5.41) is 0. The molecule has 122 valence electrons. The molecule has 0 unspecified atom stereocenters. The Bertz CT molecular complexity index is 587. The van der Waals surface area contributed by atoms with Crippen molar-refractivity contribution in [2.24, 2.45) is 0 Å². The molecule has 1 amide bonds. The van der Waals surface area contributed by atoms with Gasteiger partial charge in [-0.3, -0.25) is 4.79 Å². The molecule has 1 heterocycles. The summed E-state index contributed by atoms with van der Waals surface area (Å²) in [6, 6.07) is 8.45. The van der Waals surface area contributed by atoms with Gasteiger partial charge in [0.25, 0.3) is 0 Å². The van der Waals surface area contributed by atoms with Gasteiger partial charge >= 0.3 is 0 Å². The first-order chi connectivity index (χ1) is 10.5. The predicted molar refractivity (Wildman–Crippen MR) is 85.9 cm³/mol. The monoisotopic (exact) mass is 324 g/mol. The van der Waals surface area contributed by atoms with Gasteiger partial charge in [-0.05, 0) is 25.0 Å². The smallest absolute Gasteiger partial charge is 0.243 e. The topological polar surface area (TPSA) is 57.7 Å². The zero-order chi connectivity index (χ0) is 16.0. The van der Waals surface area contributed by atoms with Crippen LogP contribution in [0.5, 0.6) is 0 Å². The van der Waals surface area contributed by atoms with Gasteiger partial charge in [0.2, 0.25) is 15.9 Å². The summed E-state index contributed by atoms with van der Waals surface area (Å²) in [6.45, 7) is 1.49. The van der Waals surface area contributed by atoms with Crippen molar-refractivity contribution in [2.75, 3.05) is 26.7 Å². The summed E-state index contributed by atoms with van der Waals surface area (Å²) in [5.74, 6) is 0.00941. The Kier molecular flexibility index (Phi) is 5.97. The first kappa shape index (κ1) is 17.0. The molecule has 1 aliphatic rings. The number of carbonyl (C=O) groups is 1. The zero-order valence-corrected chi connectivity index (χ0v) is 13.9. The Morgan fingerprint density at radius 2 is 1.55 bits per heavy atom. The van der Waals surface area contributed by atoms with E-state index in [1.54, 1.807) is 42.3 Å². The van der Waals surface area contributed by atoms with Crippen LogP contribution >= 0.6 is 0 Å². The summed E-state index contributed by atoms with van der Waals surface area (Å²) < 4.78 is 26.9. The summed E-state index contributed by atoms with van der Waals surface area (Å²) >= 11 is 0. The van der Waals surface area contributed by atoms with Crippen LogP contribution < -0.4 is 0 Å². The molecule has 1 saturated heterocycles. The van der Waals surface area contributed by atoms with Gasteiger partial charge in [0.1, 0.15) is 0 Å². The van der Waals surface area contributed by atoms with E-state index in [1.165, 1.54) is 4.31 Å². The third kappa shape index (κ3) is 4.30. The van der Waals surface area contributed by atoms with Gasteiger partial charge in [-0.25, -0.2) is 8.42 Å². The molecule has 0 spiro atoms. The van der Waals surface area contributed by atoms with E-state index >= 15 is 0 Å². The summed E-state index contributed by atoms with van der Waals surface area (Å²) in [7, 11) is -1.73. The molecule has 0 radical (unpaired) electrons. The lowest BCUT2D eigenvalue weighted by Gasteiger charge is -2.22. The second-order valence-electron chi connectivity index (χ2n) is 5.70. The third-order valence-corrected chi connectivity index (χ3v) is 5.95. The van der Waals surface area contributed by atoms with Gasteiger partial charge < -0.3 is 4.90 Å². The fourth-order valence-corrected chi connectivity index (χ4v) is 4.12. The summed E-state index contributed by atoms with van der Waals surface area (Å²) in [5.41, 5.74) is 0. The van der Waals surface area contributed by atoms with E-state index in [9.17, 15) is 13.2 Å². The number of amides is 1. The average molecular weight is 324 g/mol. The number of carbonyl (C=O) groups excluding carboxylic acids is 1. The summed E-state index contributed by atoms with van der Waals surface area (Å²) in [6.07, 6.45) is 4.07. The van der Waals surface area contributed by atoms with Crippen molar-refractivity contribution < 1.29 is 13.2 Å². The SMILES string of the molecule is CN1CCCCCCN(S(=O)(=O)c2ccccc2)CCC1=O. The van der Waals surface area contributed by atoms with Gasteiger partial charge in [0.15, 0.2) is 0 Å². The average Bonchev–Trinajstić information content (AvgIpc) is 2.56. The maximum atomic E-state index is 12.7. The highest BCUT2D eigenvalue weighted by Crippen LogP contribution is 2.17. The molecule has 0 saturated carbocycles. The van der Waals surface area contributed by atoms with Crippen LogP contribution in [0.1, 0.15) is 32.1 Å². The maximum absolute atomic E-state index is 12.7. The largest absolute Gasteiger partial charge is 0.346 e. The molecule has 0 aromatic heterocycles. The Hall–Kier alpha value is -1.40. The van der Waals surface area contributed by atoms with Crippen LogP contribution in [0.15, 0.2) is 35.2 Å². The van der Waals surface area contributed by atoms with Gasteiger partial charge in [-0.2, -0.15) is 4.31 Å². The number of hydrogen-bond acceptors (Lipinski definition) is 3. The minimum absolute atomic E-state index is 0.00941. The normalized spacial score (nSPS) is 19.7. The van der Waals surface area contributed by atoms with E-state index in [-0.39, 0.29) is 18.9 Å². The molecule has 0 N–H and O–H groups in total. The predicted octanol–water partition coefficient (Wildman–Crippen LogP) is 2.10. The first-order valence-corrected chi connectivity index (χ1v) is 9.25. The lowest BCUT2D eigenvalue weighted by molar-refractivity contribution is -0.130. The number of nitrogens with zero attached hydrogens (tertiary/aromatic N) is 2.